The number of rotatable bonds is 9. The molecule has 0 unspecified atom stereocenters. The molecule has 0 saturated carbocycles. The van der Waals surface area contributed by atoms with E-state index in [2.05, 4.69) is 37.2 Å². The van der Waals surface area contributed by atoms with Crippen molar-refractivity contribution in [2.24, 2.45) is 0 Å². The number of para-hydroxylation sites is 1. The minimum Gasteiger partial charge on any atom is -0.433 e. The zero-order chi connectivity index (χ0) is 28.2. The molecule has 1 saturated heterocycles. The fraction of sp³-hybridized carbons (Fsp3) is 0.286. The fourth-order valence-electron chi connectivity index (χ4n) is 4.77. The Kier molecular flexibility index (Phi) is 7.87. The second-order valence-corrected chi connectivity index (χ2v) is 9.54. The van der Waals surface area contributed by atoms with Crippen molar-refractivity contribution in [2.75, 3.05) is 42.7 Å². The maximum Gasteiger partial charge on any atom is 0.387 e. The van der Waals surface area contributed by atoms with E-state index in [9.17, 15) is 13.6 Å². The number of piperidine rings is 1. The second-order valence-electron chi connectivity index (χ2n) is 9.54. The van der Waals surface area contributed by atoms with E-state index in [-0.39, 0.29) is 17.4 Å². The molecule has 0 radical (unpaired) electrons. The molecule has 2 aromatic heterocycles. The number of nitrogens with zero attached hydrogens (tertiary/aromatic N) is 5. The molecule has 2 aromatic carbocycles. The zero-order valence-electron chi connectivity index (χ0n) is 22.1. The van der Waals surface area contributed by atoms with Crippen molar-refractivity contribution < 1.29 is 22.8 Å². The van der Waals surface area contributed by atoms with Crippen LogP contribution in [0.25, 0.3) is 22.4 Å². The van der Waals surface area contributed by atoms with Gasteiger partial charge in [-0.3, -0.25) is 4.79 Å². The molecule has 208 valence electrons. The van der Waals surface area contributed by atoms with Gasteiger partial charge in [0.05, 0.1) is 28.1 Å². The van der Waals surface area contributed by atoms with Crippen molar-refractivity contribution in [1.29, 1.82) is 0 Å². The SMILES string of the molecule is C=CC(=O)Nc1cc(Nc2nccc(-c3noc4ccccc34)n2)c(OC(F)F)cc1N1CCC(N(C)C)CC1. The lowest BCUT2D eigenvalue weighted by Gasteiger charge is -2.37. The zero-order valence-corrected chi connectivity index (χ0v) is 22.1. The Morgan fingerprint density at radius 1 is 1.20 bits per heavy atom. The molecule has 1 aliphatic rings. The van der Waals surface area contributed by atoms with Gasteiger partial charge in [-0.1, -0.05) is 23.9 Å². The molecule has 12 heteroatoms. The predicted molar refractivity (Wildman–Crippen MR) is 149 cm³/mol. The molecule has 40 heavy (non-hydrogen) atoms. The second kappa shape index (κ2) is 11.7. The van der Waals surface area contributed by atoms with Gasteiger partial charge in [-0.2, -0.15) is 8.78 Å². The first-order chi connectivity index (χ1) is 19.3. The first-order valence-corrected chi connectivity index (χ1v) is 12.7. The molecule has 0 aliphatic carbocycles. The van der Waals surface area contributed by atoms with E-state index < -0.39 is 12.5 Å². The molecule has 3 heterocycles. The van der Waals surface area contributed by atoms with Crippen molar-refractivity contribution in [3.63, 3.8) is 0 Å². The van der Waals surface area contributed by atoms with E-state index in [4.69, 9.17) is 9.26 Å². The van der Waals surface area contributed by atoms with Crippen LogP contribution in [0.5, 0.6) is 5.75 Å². The molecule has 1 amide bonds. The summed E-state index contributed by atoms with van der Waals surface area (Å²) in [7, 11) is 4.07. The summed E-state index contributed by atoms with van der Waals surface area (Å²) in [6.07, 6.45) is 4.42. The molecule has 4 aromatic rings. The lowest BCUT2D eigenvalue weighted by Crippen LogP contribution is -2.42. The highest BCUT2D eigenvalue weighted by molar-refractivity contribution is 6.02. The molecule has 2 N–H and O–H groups in total. The third-order valence-corrected chi connectivity index (χ3v) is 6.81. The maximum atomic E-state index is 13.5. The monoisotopic (exact) mass is 549 g/mol. The van der Waals surface area contributed by atoms with Crippen LogP contribution in [0.1, 0.15) is 12.8 Å². The van der Waals surface area contributed by atoms with Crippen LogP contribution in [-0.2, 0) is 4.79 Å². The van der Waals surface area contributed by atoms with Crippen LogP contribution in [0.4, 0.5) is 31.8 Å². The Morgan fingerprint density at radius 3 is 2.70 bits per heavy atom. The van der Waals surface area contributed by atoms with Crippen LogP contribution in [0.3, 0.4) is 0 Å². The summed E-state index contributed by atoms with van der Waals surface area (Å²) in [4.78, 5) is 25.3. The summed E-state index contributed by atoms with van der Waals surface area (Å²) in [5.41, 5.74) is 2.72. The van der Waals surface area contributed by atoms with Gasteiger partial charge >= 0.3 is 6.61 Å². The number of ether oxygens (including phenoxy) is 1. The summed E-state index contributed by atoms with van der Waals surface area (Å²) < 4.78 is 37.3. The van der Waals surface area contributed by atoms with Crippen LogP contribution in [-0.4, -0.2) is 65.8 Å². The quantitative estimate of drug-likeness (QED) is 0.269. The van der Waals surface area contributed by atoms with Crippen molar-refractivity contribution >= 4 is 39.9 Å². The van der Waals surface area contributed by atoms with Crippen molar-refractivity contribution in [3.05, 3.63) is 61.3 Å². The summed E-state index contributed by atoms with van der Waals surface area (Å²) in [6.45, 7) is 1.81. The number of aromatic nitrogens is 3. The van der Waals surface area contributed by atoms with Crippen LogP contribution < -0.4 is 20.3 Å². The minimum atomic E-state index is -3.07. The number of carbonyl (C=O) groups is 1. The largest absolute Gasteiger partial charge is 0.433 e. The van der Waals surface area contributed by atoms with Gasteiger partial charge in [0.2, 0.25) is 11.9 Å². The first-order valence-electron chi connectivity index (χ1n) is 12.7. The molecule has 5 rings (SSSR count). The number of amides is 1. The van der Waals surface area contributed by atoms with Gasteiger partial charge in [0.15, 0.2) is 11.3 Å². The lowest BCUT2D eigenvalue weighted by atomic mass is 10.0. The third-order valence-electron chi connectivity index (χ3n) is 6.81. The van der Waals surface area contributed by atoms with Crippen LogP contribution in [0.15, 0.2) is 65.8 Å². The Hall–Kier alpha value is -4.58. The van der Waals surface area contributed by atoms with Crippen molar-refractivity contribution in [2.45, 2.75) is 25.5 Å². The summed E-state index contributed by atoms with van der Waals surface area (Å²) in [5, 5.41) is 10.7. The number of anilines is 4. The molecule has 0 bridgehead atoms. The first kappa shape index (κ1) is 27.0. The third kappa shape index (κ3) is 5.86. The summed E-state index contributed by atoms with van der Waals surface area (Å²) in [5.74, 6) is -0.435. The van der Waals surface area contributed by atoms with Gasteiger partial charge in [-0.15, -0.1) is 0 Å². The average Bonchev–Trinajstić information content (AvgIpc) is 3.38. The number of alkyl halides is 2. The minimum absolute atomic E-state index is 0.114. The molecule has 1 aliphatic heterocycles. The molecule has 10 nitrogen and oxygen atoms in total. The molecular formula is C28H29F2N7O3. The van der Waals surface area contributed by atoms with Gasteiger partial charge in [0.25, 0.3) is 0 Å². The average molecular weight is 550 g/mol. The molecular weight excluding hydrogens is 520 g/mol. The number of carbonyl (C=O) groups excluding carboxylic acids is 1. The standard InChI is InChI=1S/C28H29F2N7O3/c1-4-25(38)32-20-15-21(24(39-27(29)30)16-22(20)37-13-10-17(11-14-37)36(2)3)34-28-31-12-9-19(33-28)26-18-7-5-6-8-23(18)40-35-26/h4-9,12,15-17,27H,1,10-11,13-14H2,2-3H3,(H,32,38)(H,31,33,34). The fourth-order valence-corrected chi connectivity index (χ4v) is 4.77. The number of halogens is 2. The van der Waals surface area contributed by atoms with Crippen molar-refractivity contribution in [1.82, 2.24) is 20.0 Å². The van der Waals surface area contributed by atoms with Gasteiger partial charge in [0, 0.05) is 31.4 Å². The Morgan fingerprint density at radius 2 is 1.98 bits per heavy atom. The van der Waals surface area contributed by atoms with Gasteiger partial charge in [-0.05, 0) is 57.3 Å². The predicted octanol–water partition coefficient (Wildman–Crippen LogP) is 5.28. The van der Waals surface area contributed by atoms with E-state index in [1.165, 1.54) is 18.3 Å². The Bertz CT molecular complexity index is 1520. The van der Waals surface area contributed by atoms with Gasteiger partial charge in [-0.25, -0.2) is 9.97 Å². The molecule has 1 fully saturated rings. The molecule has 0 spiro atoms. The normalized spacial score (nSPS) is 14.1. The van der Waals surface area contributed by atoms with E-state index in [1.54, 1.807) is 12.1 Å². The molecule has 0 atom stereocenters. The maximum absolute atomic E-state index is 13.5. The number of benzene rings is 2. The highest BCUT2D eigenvalue weighted by atomic mass is 19.3. The van der Waals surface area contributed by atoms with E-state index in [0.29, 0.717) is 47.5 Å². The van der Waals surface area contributed by atoms with E-state index >= 15 is 0 Å². The summed E-state index contributed by atoms with van der Waals surface area (Å²) in [6, 6.07) is 12.5. The highest BCUT2D eigenvalue weighted by Crippen LogP contribution is 2.40. The smallest absolute Gasteiger partial charge is 0.387 e. The van der Waals surface area contributed by atoms with Crippen LogP contribution in [0.2, 0.25) is 0 Å². The van der Waals surface area contributed by atoms with Crippen molar-refractivity contribution in [3.8, 4) is 17.1 Å². The lowest BCUT2D eigenvalue weighted by molar-refractivity contribution is -0.111. The Labute approximate surface area is 229 Å². The number of hydrogen-bond acceptors (Lipinski definition) is 9. The topological polar surface area (TPSA) is 109 Å². The van der Waals surface area contributed by atoms with E-state index in [0.717, 1.165) is 24.3 Å². The van der Waals surface area contributed by atoms with Crippen LogP contribution >= 0.6 is 0 Å². The summed E-state index contributed by atoms with van der Waals surface area (Å²) >= 11 is 0. The van der Waals surface area contributed by atoms with E-state index in [1.807, 2.05) is 37.2 Å². The van der Waals surface area contributed by atoms with Gasteiger partial charge < -0.3 is 29.7 Å². The number of nitrogens with one attached hydrogen (secondary N) is 2. The number of hydrogen-bond donors (Lipinski definition) is 2. The number of fused-ring (bicyclic) bond motifs is 1. The highest BCUT2D eigenvalue weighted by Gasteiger charge is 2.25. The van der Waals surface area contributed by atoms with Gasteiger partial charge in [0.1, 0.15) is 5.69 Å². The Balaban J connectivity index is 1.51. The van der Waals surface area contributed by atoms with Crippen LogP contribution in [0, 0.1) is 0 Å².